The predicted molar refractivity (Wildman–Crippen MR) is 76.0 cm³/mol. The molecule has 0 radical (unpaired) electrons. The fraction of sp³-hybridized carbons (Fsp3) is 0.857. The van der Waals surface area contributed by atoms with E-state index in [0.717, 1.165) is 6.42 Å². The Morgan fingerprint density at radius 3 is 2.21 bits per heavy atom. The maximum atomic E-state index is 11.6. The molecule has 0 bridgehead atoms. The van der Waals surface area contributed by atoms with Crippen LogP contribution >= 0.6 is 0 Å². The van der Waals surface area contributed by atoms with E-state index in [1.54, 1.807) is 0 Å². The number of hydrogen-bond donors (Lipinski definition) is 2. The van der Waals surface area contributed by atoms with E-state index >= 15 is 0 Å². The molecule has 2 N–H and O–H groups in total. The Bertz CT molecular complexity index is 278. The number of nitrogens with zero attached hydrogens (tertiary/aromatic N) is 1. The Hall–Kier alpha value is -1.10. The summed E-state index contributed by atoms with van der Waals surface area (Å²) in [5.41, 5.74) is 0. The highest BCUT2D eigenvalue weighted by Gasteiger charge is 2.14. The summed E-state index contributed by atoms with van der Waals surface area (Å²) in [5, 5.41) is 11.4. The quantitative estimate of drug-likeness (QED) is 0.594. The van der Waals surface area contributed by atoms with E-state index in [-0.39, 0.29) is 12.3 Å². The number of carbonyl (C=O) groups is 2. The summed E-state index contributed by atoms with van der Waals surface area (Å²) in [5.74, 6) is -0.189. The van der Waals surface area contributed by atoms with Gasteiger partial charge in [-0.05, 0) is 39.3 Å². The second kappa shape index (κ2) is 9.78. The van der Waals surface area contributed by atoms with E-state index < -0.39 is 5.97 Å². The fourth-order valence-corrected chi connectivity index (χ4v) is 1.90. The van der Waals surface area contributed by atoms with Gasteiger partial charge in [0.2, 0.25) is 5.91 Å². The lowest BCUT2D eigenvalue weighted by Crippen LogP contribution is -2.41. The SMILES string of the molecule is CC(C)CC(CNC(=O)CCCCC(=O)O)N(C)C. The Kier molecular flexibility index (Phi) is 9.21. The third kappa shape index (κ3) is 10.5. The van der Waals surface area contributed by atoms with Crippen molar-refractivity contribution in [3.63, 3.8) is 0 Å². The molecule has 0 aliphatic rings. The molecule has 112 valence electrons. The van der Waals surface area contributed by atoms with Gasteiger partial charge in [0.25, 0.3) is 0 Å². The minimum atomic E-state index is -0.801. The monoisotopic (exact) mass is 272 g/mol. The first-order valence-electron chi connectivity index (χ1n) is 6.97. The lowest BCUT2D eigenvalue weighted by atomic mass is 10.0. The number of carboxylic acid groups (broad SMARTS) is 1. The Morgan fingerprint density at radius 1 is 1.16 bits per heavy atom. The van der Waals surface area contributed by atoms with Crippen molar-refractivity contribution in [2.24, 2.45) is 5.92 Å². The highest BCUT2D eigenvalue weighted by Crippen LogP contribution is 2.08. The summed E-state index contributed by atoms with van der Waals surface area (Å²) in [6.45, 7) is 5.00. The predicted octanol–water partition coefficient (Wildman–Crippen LogP) is 1.72. The van der Waals surface area contributed by atoms with E-state index in [4.69, 9.17) is 5.11 Å². The van der Waals surface area contributed by atoms with E-state index in [9.17, 15) is 9.59 Å². The van der Waals surface area contributed by atoms with Crippen molar-refractivity contribution in [2.45, 2.75) is 52.0 Å². The van der Waals surface area contributed by atoms with Crippen LogP contribution in [-0.4, -0.2) is 48.6 Å². The average Bonchev–Trinajstić information content (AvgIpc) is 2.29. The van der Waals surface area contributed by atoms with Crippen molar-refractivity contribution in [1.29, 1.82) is 0 Å². The van der Waals surface area contributed by atoms with Crippen LogP contribution in [0.25, 0.3) is 0 Å². The molecule has 1 atom stereocenters. The number of rotatable bonds is 10. The third-order valence-electron chi connectivity index (χ3n) is 3.05. The zero-order chi connectivity index (χ0) is 14.8. The molecule has 5 heteroatoms. The summed E-state index contributed by atoms with van der Waals surface area (Å²) in [4.78, 5) is 24.1. The van der Waals surface area contributed by atoms with Crippen LogP contribution in [0.4, 0.5) is 0 Å². The summed E-state index contributed by atoms with van der Waals surface area (Å²) in [7, 11) is 4.04. The molecule has 0 heterocycles. The van der Waals surface area contributed by atoms with Crippen LogP contribution in [0.15, 0.2) is 0 Å². The summed E-state index contributed by atoms with van der Waals surface area (Å²) >= 11 is 0. The average molecular weight is 272 g/mol. The first-order valence-corrected chi connectivity index (χ1v) is 6.97. The largest absolute Gasteiger partial charge is 0.481 e. The topological polar surface area (TPSA) is 69.6 Å². The van der Waals surface area contributed by atoms with Crippen molar-refractivity contribution in [1.82, 2.24) is 10.2 Å². The molecule has 0 aliphatic heterocycles. The summed E-state index contributed by atoms with van der Waals surface area (Å²) in [6.07, 6.45) is 2.79. The van der Waals surface area contributed by atoms with Gasteiger partial charge in [0, 0.05) is 25.4 Å². The van der Waals surface area contributed by atoms with Gasteiger partial charge in [-0.25, -0.2) is 0 Å². The number of aliphatic carboxylic acids is 1. The number of carboxylic acids is 1. The van der Waals surface area contributed by atoms with Crippen LogP contribution in [0.5, 0.6) is 0 Å². The van der Waals surface area contributed by atoms with Crippen LogP contribution in [0, 0.1) is 5.92 Å². The highest BCUT2D eigenvalue weighted by molar-refractivity contribution is 5.75. The number of amides is 1. The fourth-order valence-electron chi connectivity index (χ4n) is 1.90. The number of unbranched alkanes of at least 4 members (excludes halogenated alkanes) is 1. The number of nitrogens with one attached hydrogen (secondary N) is 1. The van der Waals surface area contributed by atoms with Crippen LogP contribution in [0.2, 0.25) is 0 Å². The van der Waals surface area contributed by atoms with Gasteiger partial charge in [0.1, 0.15) is 0 Å². The third-order valence-corrected chi connectivity index (χ3v) is 3.05. The molecule has 0 saturated heterocycles. The number of likely N-dealkylation sites (N-methyl/N-ethyl adjacent to an activating group) is 1. The van der Waals surface area contributed by atoms with Crippen LogP contribution in [0.1, 0.15) is 46.0 Å². The molecular formula is C14H28N2O3. The van der Waals surface area contributed by atoms with E-state index in [2.05, 4.69) is 24.1 Å². The molecule has 0 spiro atoms. The number of carbonyl (C=O) groups excluding carboxylic acids is 1. The molecule has 5 nitrogen and oxygen atoms in total. The maximum absolute atomic E-state index is 11.6. The maximum Gasteiger partial charge on any atom is 0.303 e. The van der Waals surface area contributed by atoms with Crippen molar-refractivity contribution < 1.29 is 14.7 Å². The van der Waals surface area contributed by atoms with Gasteiger partial charge in [-0.2, -0.15) is 0 Å². The van der Waals surface area contributed by atoms with Gasteiger partial charge in [0.15, 0.2) is 0 Å². The molecule has 0 aromatic heterocycles. The second-order valence-corrected chi connectivity index (χ2v) is 5.65. The second-order valence-electron chi connectivity index (χ2n) is 5.65. The van der Waals surface area contributed by atoms with Crippen LogP contribution in [0.3, 0.4) is 0 Å². The van der Waals surface area contributed by atoms with Crippen LogP contribution in [-0.2, 0) is 9.59 Å². The van der Waals surface area contributed by atoms with Gasteiger partial charge in [-0.15, -0.1) is 0 Å². The molecule has 0 aliphatic carbocycles. The Morgan fingerprint density at radius 2 is 1.74 bits per heavy atom. The molecule has 0 rings (SSSR count). The molecular weight excluding hydrogens is 244 g/mol. The van der Waals surface area contributed by atoms with E-state index in [1.165, 1.54) is 0 Å². The van der Waals surface area contributed by atoms with E-state index in [1.807, 2.05) is 14.1 Å². The Labute approximate surface area is 116 Å². The smallest absolute Gasteiger partial charge is 0.303 e. The van der Waals surface area contributed by atoms with Crippen molar-refractivity contribution in [3.05, 3.63) is 0 Å². The van der Waals surface area contributed by atoms with Gasteiger partial charge >= 0.3 is 5.97 Å². The summed E-state index contributed by atoms with van der Waals surface area (Å²) < 4.78 is 0. The lowest BCUT2D eigenvalue weighted by Gasteiger charge is -2.26. The normalized spacial score (nSPS) is 12.7. The zero-order valence-electron chi connectivity index (χ0n) is 12.6. The number of hydrogen-bond acceptors (Lipinski definition) is 3. The van der Waals surface area contributed by atoms with Gasteiger partial charge in [0.05, 0.1) is 0 Å². The molecule has 1 amide bonds. The van der Waals surface area contributed by atoms with Gasteiger partial charge < -0.3 is 15.3 Å². The molecule has 0 fully saturated rings. The summed E-state index contributed by atoms with van der Waals surface area (Å²) in [6, 6.07) is 0.350. The van der Waals surface area contributed by atoms with Crippen molar-refractivity contribution >= 4 is 11.9 Å². The van der Waals surface area contributed by atoms with Crippen molar-refractivity contribution in [2.75, 3.05) is 20.6 Å². The Balaban J connectivity index is 3.82. The first-order chi connectivity index (χ1) is 8.82. The molecule has 19 heavy (non-hydrogen) atoms. The van der Waals surface area contributed by atoms with E-state index in [0.29, 0.717) is 37.8 Å². The first kappa shape index (κ1) is 17.9. The molecule has 0 aromatic carbocycles. The molecule has 0 saturated carbocycles. The molecule has 0 aromatic rings. The zero-order valence-corrected chi connectivity index (χ0v) is 12.6. The van der Waals surface area contributed by atoms with Crippen LogP contribution < -0.4 is 5.32 Å². The minimum absolute atomic E-state index is 0.0148. The minimum Gasteiger partial charge on any atom is -0.481 e. The van der Waals surface area contributed by atoms with Gasteiger partial charge in [-0.3, -0.25) is 9.59 Å². The molecule has 1 unspecified atom stereocenters. The standard InChI is InChI=1S/C14H28N2O3/c1-11(2)9-12(16(3)4)10-15-13(17)7-5-6-8-14(18)19/h11-12H,5-10H2,1-4H3,(H,15,17)(H,18,19). The highest BCUT2D eigenvalue weighted by atomic mass is 16.4. The van der Waals surface area contributed by atoms with Gasteiger partial charge in [-0.1, -0.05) is 13.8 Å². The lowest BCUT2D eigenvalue weighted by molar-refractivity contribution is -0.137. The van der Waals surface area contributed by atoms with Crippen molar-refractivity contribution in [3.8, 4) is 0 Å².